The Balaban J connectivity index is 1.49. The van der Waals surface area contributed by atoms with Crippen LogP contribution in [0.25, 0.3) is 0 Å². The summed E-state index contributed by atoms with van der Waals surface area (Å²) in [5, 5.41) is 3.91. The molecule has 1 amide bonds. The van der Waals surface area contributed by atoms with Crippen molar-refractivity contribution in [3.8, 4) is 0 Å². The number of furan rings is 1. The molecule has 2 unspecified atom stereocenters. The molecule has 0 aromatic carbocycles. The second-order valence-corrected chi connectivity index (χ2v) is 7.56. The molecule has 1 aliphatic heterocycles. The summed E-state index contributed by atoms with van der Waals surface area (Å²) in [5.74, 6) is 3.49. The molecule has 2 aromatic rings. The maximum atomic E-state index is 13.0. The molecule has 1 saturated carbocycles. The van der Waals surface area contributed by atoms with E-state index in [1.807, 2.05) is 18.7 Å². The van der Waals surface area contributed by atoms with E-state index in [0.29, 0.717) is 42.7 Å². The lowest BCUT2D eigenvalue weighted by molar-refractivity contribution is 0.0735. The fourth-order valence-electron chi connectivity index (χ4n) is 3.63. The lowest BCUT2D eigenvalue weighted by Gasteiger charge is -2.16. The number of hydrogen-bond acceptors (Lipinski definition) is 6. The second-order valence-electron chi connectivity index (χ2n) is 7.56. The number of aromatic nitrogens is 2. The van der Waals surface area contributed by atoms with Gasteiger partial charge in [-0.25, -0.2) is 0 Å². The molecule has 0 radical (unpaired) electrons. The standard InChI is InChI=1S/C19H25N3O4/c1-11-6-16(12(2)25-11)19(23)22-7-15(10-24-9-14-4-5-14)17(8-22)18-20-13(3)21-26-18/h6,14-15,17H,4-5,7-10H2,1-3H3. The highest BCUT2D eigenvalue weighted by Gasteiger charge is 2.40. The molecule has 7 heteroatoms. The molecule has 3 heterocycles. The van der Waals surface area contributed by atoms with Gasteiger partial charge in [0.25, 0.3) is 5.91 Å². The average molecular weight is 359 g/mol. The summed E-state index contributed by atoms with van der Waals surface area (Å²) in [6.07, 6.45) is 2.53. The van der Waals surface area contributed by atoms with E-state index in [4.69, 9.17) is 13.7 Å². The zero-order valence-electron chi connectivity index (χ0n) is 15.5. The Morgan fingerprint density at radius 3 is 2.69 bits per heavy atom. The van der Waals surface area contributed by atoms with Gasteiger partial charge in [-0.1, -0.05) is 5.16 Å². The first-order valence-corrected chi connectivity index (χ1v) is 9.25. The van der Waals surface area contributed by atoms with E-state index in [1.54, 1.807) is 13.0 Å². The van der Waals surface area contributed by atoms with E-state index in [-0.39, 0.29) is 17.7 Å². The molecule has 2 aromatic heterocycles. The maximum Gasteiger partial charge on any atom is 0.257 e. The fraction of sp³-hybridized carbons (Fsp3) is 0.632. The van der Waals surface area contributed by atoms with E-state index in [2.05, 4.69) is 10.1 Å². The summed E-state index contributed by atoms with van der Waals surface area (Å²) in [6.45, 7) is 8.08. The number of ether oxygens (including phenoxy) is 1. The summed E-state index contributed by atoms with van der Waals surface area (Å²) in [6, 6.07) is 1.81. The van der Waals surface area contributed by atoms with Crippen molar-refractivity contribution in [1.82, 2.24) is 15.0 Å². The summed E-state index contributed by atoms with van der Waals surface area (Å²) in [4.78, 5) is 19.2. The number of likely N-dealkylation sites (tertiary alicyclic amines) is 1. The minimum atomic E-state index is -0.00900. The molecule has 26 heavy (non-hydrogen) atoms. The van der Waals surface area contributed by atoms with Gasteiger partial charge in [-0.2, -0.15) is 4.98 Å². The number of aryl methyl sites for hydroxylation is 3. The summed E-state index contributed by atoms with van der Waals surface area (Å²) in [7, 11) is 0. The van der Waals surface area contributed by atoms with Gasteiger partial charge >= 0.3 is 0 Å². The lowest BCUT2D eigenvalue weighted by atomic mass is 9.97. The zero-order chi connectivity index (χ0) is 18.3. The molecule has 2 fully saturated rings. The van der Waals surface area contributed by atoms with Crippen molar-refractivity contribution in [3.05, 3.63) is 34.9 Å². The number of carbonyl (C=O) groups excluding carboxylic acids is 1. The van der Waals surface area contributed by atoms with Gasteiger partial charge in [0.2, 0.25) is 5.89 Å². The molecule has 2 atom stereocenters. The van der Waals surface area contributed by atoms with E-state index in [1.165, 1.54) is 12.8 Å². The number of hydrogen-bond donors (Lipinski definition) is 0. The number of rotatable bonds is 6. The minimum Gasteiger partial charge on any atom is -0.466 e. The van der Waals surface area contributed by atoms with Crippen molar-refractivity contribution < 1.29 is 18.5 Å². The molecule has 0 bridgehead atoms. The van der Waals surface area contributed by atoms with Crippen LogP contribution in [0.1, 0.15) is 52.4 Å². The topological polar surface area (TPSA) is 81.6 Å². The van der Waals surface area contributed by atoms with Crippen molar-refractivity contribution >= 4 is 5.91 Å². The molecule has 1 saturated heterocycles. The van der Waals surface area contributed by atoms with Crippen LogP contribution >= 0.6 is 0 Å². The predicted octanol–water partition coefficient (Wildman–Crippen LogP) is 2.87. The first-order valence-electron chi connectivity index (χ1n) is 9.25. The van der Waals surface area contributed by atoms with E-state index in [9.17, 15) is 4.79 Å². The van der Waals surface area contributed by atoms with Crippen LogP contribution in [0.5, 0.6) is 0 Å². The van der Waals surface area contributed by atoms with Gasteiger partial charge < -0.3 is 18.6 Å². The van der Waals surface area contributed by atoms with Gasteiger partial charge in [-0.15, -0.1) is 0 Å². The summed E-state index contributed by atoms with van der Waals surface area (Å²) in [5.41, 5.74) is 0.627. The Kier molecular flexibility index (Phi) is 4.56. The minimum absolute atomic E-state index is 0.00709. The van der Waals surface area contributed by atoms with Crippen LogP contribution < -0.4 is 0 Å². The first-order chi connectivity index (χ1) is 12.5. The van der Waals surface area contributed by atoms with Crippen LogP contribution in [-0.4, -0.2) is 47.3 Å². The Morgan fingerprint density at radius 1 is 1.27 bits per heavy atom. The van der Waals surface area contributed by atoms with Gasteiger partial charge in [-0.05, 0) is 45.6 Å². The van der Waals surface area contributed by atoms with Crippen LogP contribution in [0, 0.1) is 32.6 Å². The summed E-state index contributed by atoms with van der Waals surface area (Å²) < 4.78 is 16.8. The monoisotopic (exact) mass is 359 g/mol. The Labute approximate surface area is 152 Å². The van der Waals surface area contributed by atoms with E-state index in [0.717, 1.165) is 18.3 Å². The molecule has 0 spiro atoms. The van der Waals surface area contributed by atoms with Crippen LogP contribution in [-0.2, 0) is 4.74 Å². The van der Waals surface area contributed by atoms with Crippen LogP contribution in [0.3, 0.4) is 0 Å². The van der Waals surface area contributed by atoms with Gasteiger partial charge in [0.15, 0.2) is 5.82 Å². The van der Waals surface area contributed by atoms with E-state index >= 15 is 0 Å². The Morgan fingerprint density at radius 2 is 2.08 bits per heavy atom. The van der Waals surface area contributed by atoms with Crippen molar-refractivity contribution in [2.45, 2.75) is 39.5 Å². The first kappa shape index (κ1) is 17.3. The SMILES string of the molecule is Cc1noc(C2CN(C(=O)c3cc(C)oc3C)CC2COCC2CC2)n1. The quantitative estimate of drug-likeness (QED) is 0.789. The van der Waals surface area contributed by atoms with Crippen molar-refractivity contribution in [2.24, 2.45) is 11.8 Å². The Bertz CT molecular complexity index is 793. The fourth-order valence-corrected chi connectivity index (χ4v) is 3.63. The highest BCUT2D eigenvalue weighted by Crippen LogP contribution is 2.34. The molecule has 140 valence electrons. The normalized spacial score (nSPS) is 23.0. The molecule has 2 aliphatic rings. The largest absolute Gasteiger partial charge is 0.466 e. The Hall–Kier alpha value is -2.15. The molecular weight excluding hydrogens is 334 g/mol. The zero-order valence-corrected chi connectivity index (χ0v) is 15.5. The van der Waals surface area contributed by atoms with Crippen LogP contribution in [0.15, 0.2) is 15.0 Å². The van der Waals surface area contributed by atoms with Crippen molar-refractivity contribution in [1.29, 1.82) is 0 Å². The molecule has 7 nitrogen and oxygen atoms in total. The van der Waals surface area contributed by atoms with Gasteiger partial charge in [-0.3, -0.25) is 4.79 Å². The predicted molar refractivity (Wildman–Crippen MR) is 92.9 cm³/mol. The molecule has 4 rings (SSSR count). The highest BCUT2D eigenvalue weighted by atomic mass is 16.5. The smallest absolute Gasteiger partial charge is 0.257 e. The number of carbonyl (C=O) groups is 1. The van der Waals surface area contributed by atoms with Gasteiger partial charge in [0.05, 0.1) is 18.1 Å². The van der Waals surface area contributed by atoms with Crippen molar-refractivity contribution in [3.63, 3.8) is 0 Å². The maximum absolute atomic E-state index is 13.0. The van der Waals surface area contributed by atoms with E-state index < -0.39 is 0 Å². The van der Waals surface area contributed by atoms with Gasteiger partial charge in [0.1, 0.15) is 11.5 Å². The van der Waals surface area contributed by atoms with Crippen LogP contribution in [0.4, 0.5) is 0 Å². The van der Waals surface area contributed by atoms with Gasteiger partial charge in [0, 0.05) is 25.6 Å². The highest BCUT2D eigenvalue weighted by molar-refractivity contribution is 5.95. The number of nitrogens with zero attached hydrogens (tertiary/aromatic N) is 3. The van der Waals surface area contributed by atoms with Crippen molar-refractivity contribution in [2.75, 3.05) is 26.3 Å². The third-order valence-electron chi connectivity index (χ3n) is 5.24. The second kappa shape index (κ2) is 6.87. The molecule has 0 N–H and O–H groups in total. The molecular formula is C19H25N3O4. The third kappa shape index (κ3) is 3.53. The van der Waals surface area contributed by atoms with Crippen LogP contribution in [0.2, 0.25) is 0 Å². The lowest BCUT2D eigenvalue weighted by Crippen LogP contribution is -2.29. The average Bonchev–Trinajstić information content (AvgIpc) is 2.99. The molecule has 1 aliphatic carbocycles. The summed E-state index contributed by atoms with van der Waals surface area (Å²) >= 11 is 0. The third-order valence-corrected chi connectivity index (χ3v) is 5.24. The number of amides is 1.